The number of hydrogen-bond acceptors (Lipinski definition) is 3. The molecule has 0 aliphatic carbocycles. The van der Waals surface area contributed by atoms with Gasteiger partial charge in [-0.15, -0.1) is 0 Å². The molecule has 0 aliphatic rings. The predicted octanol–water partition coefficient (Wildman–Crippen LogP) is 3.33. The molecule has 3 nitrogen and oxygen atoms in total. The van der Waals surface area contributed by atoms with Gasteiger partial charge in [0.2, 0.25) is 0 Å². The number of anilines is 1. The zero-order chi connectivity index (χ0) is 12.3. The summed E-state index contributed by atoms with van der Waals surface area (Å²) in [7, 11) is 0. The maximum absolute atomic E-state index is 13.4. The topological polar surface area (TPSA) is 45.4 Å². The summed E-state index contributed by atoms with van der Waals surface area (Å²) in [6, 6.07) is 8.05. The van der Waals surface area contributed by atoms with Gasteiger partial charge in [0.25, 0.3) is 0 Å². The molecule has 0 saturated carbocycles. The Labute approximate surface area is 106 Å². The molecule has 0 radical (unpaired) electrons. The Hall–Kier alpha value is -1.33. The summed E-state index contributed by atoms with van der Waals surface area (Å²) in [6.45, 7) is 0.174. The molecule has 1 aromatic heterocycles. The molecule has 0 fully saturated rings. The van der Waals surface area contributed by atoms with Crippen molar-refractivity contribution in [3.8, 4) is 0 Å². The fourth-order valence-electron chi connectivity index (χ4n) is 1.45. The highest BCUT2D eigenvalue weighted by atomic mass is 79.9. The van der Waals surface area contributed by atoms with Crippen LogP contribution < -0.4 is 5.32 Å². The molecule has 17 heavy (non-hydrogen) atoms. The summed E-state index contributed by atoms with van der Waals surface area (Å²) >= 11 is 3.24. The minimum Gasteiger partial charge on any atom is -0.467 e. The van der Waals surface area contributed by atoms with Crippen LogP contribution >= 0.6 is 15.9 Å². The lowest BCUT2D eigenvalue weighted by Gasteiger charge is -2.12. The second-order valence-corrected chi connectivity index (χ2v) is 4.36. The van der Waals surface area contributed by atoms with E-state index in [0.717, 1.165) is 0 Å². The van der Waals surface area contributed by atoms with E-state index in [1.807, 2.05) is 0 Å². The van der Waals surface area contributed by atoms with E-state index in [4.69, 9.17) is 4.42 Å². The maximum Gasteiger partial charge on any atom is 0.147 e. The molecule has 2 aromatic rings. The normalized spacial score (nSPS) is 12.4. The summed E-state index contributed by atoms with van der Waals surface area (Å²) in [6.07, 6.45) is 0.675. The van der Waals surface area contributed by atoms with E-state index in [0.29, 0.717) is 15.9 Å². The van der Waals surface area contributed by atoms with Crippen LogP contribution in [0.5, 0.6) is 0 Å². The maximum atomic E-state index is 13.4. The Balaban J connectivity index is 2.03. The first kappa shape index (κ1) is 12.1. The molecule has 2 N–H and O–H groups in total. The van der Waals surface area contributed by atoms with Crippen molar-refractivity contribution in [2.24, 2.45) is 0 Å². The number of halogens is 2. The van der Waals surface area contributed by atoms with Gasteiger partial charge in [-0.1, -0.05) is 6.07 Å². The van der Waals surface area contributed by atoms with E-state index >= 15 is 0 Å². The number of furan rings is 1. The van der Waals surface area contributed by atoms with Gasteiger partial charge in [-0.25, -0.2) is 4.39 Å². The van der Waals surface area contributed by atoms with Crippen LogP contribution in [-0.4, -0.2) is 11.7 Å². The van der Waals surface area contributed by atoms with Gasteiger partial charge in [0.15, 0.2) is 0 Å². The number of aliphatic hydroxyl groups excluding tert-OH is 1. The van der Waals surface area contributed by atoms with Gasteiger partial charge in [0.05, 0.1) is 12.0 Å². The van der Waals surface area contributed by atoms with Crippen molar-refractivity contribution in [1.29, 1.82) is 0 Å². The lowest BCUT2D eigenvalue weighted by atomic mass is 10.2. The van der Waals surface area contributed by atoms with E-state index < -0.39 is 6.10 Å². The number of nitrogens with one attached hydrogen (secondary N) is 1. The minimum absolute atomic E-state index is 0.174. The molecule has 0 aliphatic heterocycles. The summed E-state index contributed by atoms with van der Waals surface area (Å²) in [5.74, 6) is 0.0796. The monoisotopic (exact) mass is 299 g/mol. The largest absolute Gasteiger partial charge is 0.467 e. The van der Waals surface area contributed by atoms with Gasteiger partial charge < -0.3 is 14.8 Å². The Morgan fingerprint density at radius 3 is 2.82 bits per heavy atom. The Morgan fingerprint density at radius 1 is 1.35 bits per heavy atom. The molecule has 0 spiro atoms. The zero-order valence-corrected chi connectivity index (χ0v) is 10.4. The van der Waals surface area contributed by atoms with Crippen molar-refractivity contribution in [2.75, 3.05) is 11.9 Å². The quantitative estimate of drug-likeness (QED) is 0.910. The van der Waals surface area contributed by atoms with Crippen LogP contribution in [0.1, 0.15) is 11.9 Å². The second kappa shape index (κ2) is 5.33. The molecule has 1 unspecified atom stereocenters. The van der Waals surface area contributed by atoms with E-state index in [-0.39, 0.29) is 12.4 Å². The van der Waals surface area contributed by atoms with Crippen LogP contribution in [0.3, 0.4) is 0 Å². The van der Waals surface area contributed by atoms with Gasteiger partial charge in [0.1, 0.15) is 17.7 Å². The summed E-state index contributed by atoms with van der Waals surface area (Å²) < 4.78 is 19.1. The molecule has 0 bridgehead atoms. The molecular weight excluding hydrogens is 289 g/mol. The molecule has 1 heterocycles. The highest BCUT2D eigenvalue weighted by Gasteiger charge is 2.12. The van der Waals surface area contributed by atoms with Crippen LogP contribution in [0.15, 0.2) is 45.5 Å². The van der Waals surface area contributed by atoms with Crippen LogP contribution in [-0.2, 0) is 0 Å². The zero-order valence-electron chi connectivity index (χ0n) is 8.86. The van der Waals surface area contributed by atoms with Crippen molar-refractivity contribution in [3.63, 3.8) is 0 Å². The van der Waals surface area contributed by atoms with Crippen LogP contribution in [0.25, 0.3) is 0 Å². The Kier molecular flexibility index (Phi) is 3.81. The van der Waals surface area contributed by atoms with Crippen molar-refractivity contribution in [1.82, 2.24) is 0 Å². The number of rotatable bonds is 4. The number of aliphatic hydroxyl groups is 1. The van der Waals surface area contributed by atoms with Gasteiger partial charge in [-0.05, 0) is 40.2 Å². The highest BCUT2D eigenvalue weighted by Crippen LogP contribution is 2.26. The Bertz CT molecular complexity index is 467. The van der Waals surface area contributed by atoms with E-state index in [2.05, 4.69) is 21.2 Å². The third kappa shape index (κ3) is 2.87. The molecule has 2 rings (SSSR count). The lowest BCUT2D eigenvalue weighted by Crippen LogP contribution is -2.12. The van der Waals surface area contributed by atoms with Crippen molar-refractivity contribution in [2.45, 2.75) is 6.10 Å². The van der Waals surface area contributed by atoms with E-state index in [1.165, 1.54) is 12.3 Å². The van der Waals surface area contributed by atoms with Crippen LogP contribution in [0, 0.1) is 5.82 Å². The molecule has 90 valence electrons. The molecule has 0 amide bonds. The fourth-order valence-corrected chi connectivity index (χ4v) is 1.93. The molecule has 1 aromatic carbocycles. The van der Waals surface area contributed by atoms with Crippen LogP contribution in [0.4, 0.5) is 10.1 Å². The minimum atomic E-state index is -0.809. The number of benzene rings is 1. The standard InChI is InChI=1S/C12H11BrFNO2/c13-8-3-1-4-9(14)12(8)15-7-10(16)11-5-2-6-17-11/h1-6,10,15-16H,7H2. The third-order valence-electron chi connectivity index (χ3n) is 2.31. The van der Waals surface area contributed by atoms with Crippen molar-refractivity contribution >= 4 is 21.6 Å². The summed E-state index contributed by atoms with van der Waals surface area (Å²) in [5, 5.41) is 12.6. The van der Waals surface area contributed by atoms with Gasteiger partial charge in [-0.2, -0.15) is 0 Å². The lowest BCUT2D eigenvalue weighted by molar-refractivity contribution is 0.162. The smallest absolute Gasteiger partial charge is 0.147 e. The number of hydrogen-bond donors (Lipinski definition) is 2. The first-order chi connectivity index (χ1) is 8.18. The molecule has 1 atom stereocenters. The fraction of sp³-hybridized carbons (Fsp3) is 0.167. The molecule has 5 heteroatoms. The van der Waals surface area contributed by atoms with E-state index in [1.54, 1.807) is 24.3 Å². The average molecular weight is 300 g/mol. The second-order valence-electron chi connectivity index (χ2n) is 3.51. The number of para-hydroxylation sites is 1. The van der Waals surface area contributed by atoms with Crippen molar-refractivity contribution < 1.29 is 13.9 Å². The van der Waals surface area contributed by atoms with Gasteiger partial charge in [-0.3, -0.25) is 0 Å². The first-order valence-corrected chi connectivity index (χ1v) is 5.87. The average Bonchev–Trinajstić information content (AvgIpc) is 2.81. The van der Waals surface area contributed by atoms with Crippen molar-refractivity contribution in [3.05, 3.63) is 52.6 Å². The van der Waals surface area contributed by atoms with E-state index in [9.17, 15) is 9.50 Å². The molecule has 0 saturated heterocycles. The van der Waals surface area contributed by atoms with Gasteiger partial charge >= 0.3 is 0 Å². The SMILES string of the molecule is OC(CNc1c(F)cccc1Br)c1ccco1. The first-order valence-electron chi connectivity index (χ1n) is 5.08. The summed E-state index contributed by atoms with van der Waals surface area (Å²) in [4.78, 5) is 0. The van der Waals surface area contributed by atoms with Gasteiger partial charge in [0, 0.05) is 11.0 Å². The third-order valence-corrected chi connectivity index (χ3v) is 2.97. The summed E-state index contributed by atoms with van der Waals surface area (Å²) in [5.41, 5.74) is 0.332. The highest BCUT2D eigenvalue weighted by molar-refractivity contribution is 9.10. The van der Waals surface area contributed by atoms with Crippen LogP contribution in [0.2, 0.25) is 0 Å². The Morgan fingerprint density at radius 2 is 2.18 bits per heavy atom. The molecular formula is C12H11BrFNO2. The predicted molar refractivity (Wildman–Crippen MR) is 66.3 cm³/mol.